The highest BCUT2D eigenvalue weighted by Crippen LogP contribution is 2.18. The van der Waals surface area contributed by atoms with E-state index in [0.29, 0.717) is 6.42 Å². The van der Waals surface area contributed by atoms with E-state index in [-0.39, 0.29) is 5.78 Å². The van der Waals surface area contributed by atoms with Crippen molar-refractivity contribution >= 4 is 5.78 Å². The van der Waals surface area contributed by atoms with Crippen LogP contribution in [0.3, 0.4) is 0 Å². The van der Waals surface area contributed by atoms with Gasteiger partial charge in [-0.05, 0) is 61.6 Å². The second kappa shape index (κ2) is 7.14. The van der Waals surface area contributed by atoms with E-state index >= 15 is 0 Å². The van der Waals surface area contributed by atoms with Gasteiger partial charge in [-0.25, -0.2) is 0 Å². The number of ketones is 1. The van der Waals surface area contributed by atoms with Gasteiger partial charge in [-0.2, -0.15) is 0 Å². The Kier molecular flexibility index (Phi) is 4.77. The standard InChI is InChI=1S/C20H20N2O/c1-15-9-11-21-18(13-15)19-14-16(10-12-22-19)5-4-8-20(23)17-6-2-3-7-17/h2,6-7,9-14H,3-5,8H2,1H3. The lowest BCUT2D eigenvalue weighted by atomic mass is 10.0. The molecular weight excluding hydrogens is 284 g/mol. The van der Waals surface area contributed by atoms with Crippen molar-refractivity contribution < 1.29 is 4.79 Å². The summed E-state index contributed by atoms with van der Waals surface area (Å²) in [5, 5.41) is 0. The SMILES string of the molecule is Cc1ccnc(-c2cc(CCCC(=O)C3=CCC=C3)ccn2)c1. The molecule has 2 heterocycles. The van der Waals surface area contributed by atoms with E-state index in [1.54, 1.807) is 6.20 Å². The average molecular weight is 304 g/mol. The third kappa shape index (κ3) is 4.01. The number of carbonyl (C=O) groups excluding carboxylic acids is 1. The number of hydrogen-bond acceptors (Lipinski definition) is 3. The van der Waals surface area contributed by atoms with Crippen LogP contribution in [0.4, 0.5) is 0 Å². The van der Waals surface area contributed by atoms with Gasteiger partial charge >= 0.3 is 0 Å². The van der Waals surface area contributed by atoms with E-state index in [9.17, 15) is 4.79 Å². The lowest BCUT2D eigenvalue weighted by Crippen LogP contribution is -2.00. The van der Waals surface area contributed by atoms with E-state index in [2.05, 4.69) is 16.0 Å². The van der Waals surface area contributed by atoms with Crippen molar-refractivity contribution in [3.8, 4) is 11.4 Å². The van der Waals surface area contributed by atoms with Crippen LogP contribution in [0.25, 0.3) is 11.4 Å². The number of carbonyl (C=O) groups is 1. The highest BCUT2D eigenvalue weighted by Gasteiger charge is 2.09. The molecule has 3 heteroatoms. The second-order valence-electron chi connectivity index (χ2n) is 5.84. The summed E-state index contributed by atoms with van der Waals surface area (Å²) in [6.45, 7) is 2.05. The molecule has 1 aliphatic carbocycles. The first-order chi connectivity index (χ1) is 11.2. The molecule has 0 saturated heterocycles. The Hall–Kier alpha value is -2.55. The van der Waals surface area contributed by atoms with Gasteiger partial charge in [0, 0.05) is 24.4 Å². The molecule has 0 saturated carbocycles. The lowest BCUT2D eigenvalue weighted by Gasteiger charge is -2.05. The van der Waals surface area contributed by atoms with Crippen LogP contribution < -0.4 is 0 Å². The Bertz CT molecular complexity index is 775. The summed E-state index contributed by atoms with van der Waals surface area (Å²) in [5.41, 5.74) is 5.01. The Morgan fingerprint density at radius 3 is 2.65 bits per heavy atom. The molecule has 3 rings (SSSR count). The third-order valence-corrected chi connectivity index (χ3v) is 3.96. The minimum atomic E-state index is 0.244. The first-order valence-electron chi connectivity index (χ1n) is 8.00. The summed E-state index contributed by atoms with van der Waals surface area (Å²) >= 11 is 0. The van der Waals surface area contributed by atoms with E-state index < -0.39 is 0 Å². The largest absolute Gasteiger partial charge is 0.294 e. The van der Waals surface area contributed by atoms with Crippen LogP contribution >= 0.6 is 0 Å². The molecule has 0 unspecified atom stereocenters. The predicted octanol–water partition coefficient (Wildman–Crippen LogP) is 4.23. The van der Waals surface area contributed by atoms with Gasteiger partial charge in [-0.15, -0.1) is 0 Å². The summed E-state index contributed by atoms with van der Waals surface area (Å²) < 4.78 is 0. The van der Waals surface area contributed by atoms with Gasteiger partial charge in [0.15, 0.2) is 5.78 Å². The van der Waals surface area contributed by atoms with E-state index in [1.807, 2.05) is 49.5 Å². The van der Waals surface area contributed by atoms with Gasteiger partial charge in [0.1, 0.15) is 0 Å². The molecule has 1 aliphatic rings. The molecule has 0 bridgehead atoms. The zero-order valence-electron chi connectivity index (χ0n) is 13.3. The summed E-state index contributed by atoms with van der Waals surface area (Å²) in [6, 6.07) is 8.10. The van der Waals surface area contributed by atoms with Gasteiger partial charge in [0.05, 0.1) is 11.4 Å². The summed E-state index contributed by atoms with van der Waals surface area (Å²) in [7, 11) is 0. The van der Waals surface area contributed by atoms with E-state index in [0.717, 1.165) is 36.2 Å². The van der Waals surface area contributed by atoms with Crippen molar-refractivity contribution in [2.24, 2.45) is 0 Å². The maximum atomic E-state index is 12.0. The molecule has 0 amide bonds. The smallest absolute Gasteiger partial charge is 0.162 e. The molecule has 0 spiro atoms. The number of nitrogens with zero attached hydrogens (tertiary/aromatic N) is 2. The van der Waals surface area contributed by atoms with Crippen LogP contribution in [0, 0.1) is 6.92 Å². The van der Waals surface area contributed by atoms with Crippen LogP contribution in [0.15, 0.2) is 60.5 Å². The van der Waals surface area contributed by atoms with Crippen LogP contribution in [0.5, 0.6) is 0 Å². The first kappa shape index (κ1) is 15.3. The number of rotatable bonds is 6. The fourth-order valence-electron chi connectivity index (χ4n) is 2.71. The van der Waals surface area contributed by atoms with Gasteiger partial charge in [0.25, 0.3) is 0 Å². The third-order valence-electron chi connectivity index (χ3n) is 3.96. The maximum Gasteiger partial charge on any atom is 0.162 e. The van der Waals surface area contributed by atoms with Crippen LogP contribution in [-0.4, -0.2) is 15.8 Å². The Balaban J connectivity index is 1.62. The minimum absolute atomic E-state index is 0.244. The Labute approximate surface area is 136 Å². The van der Waals surface area contributed by atoms with Crippen molar-refractivity contribution in [1.82, 2.24) is 9.97 Å². The van der Waals surface area contributed by atoms with Crippen LogP contribution in [0.2, 0.25) is 0 Å². The Morgan fingerprint density at radius 1 is 1.13 bits per heavy atom. The topological polar surface area (TPSA) is 42.9 Å². The molecule has 0 N–H and O–H groups in total. The van der Waals surface area contributed by atoms with Gasteiger partial charge in [0.2, 0.25) is 0 Å². The maximum absolute atomic E-state index is 12.0. The molecule has 0 aromatic carbocycles. The van der Waals surface area contributed by atoms with Crippen molar-refractivity contribution in [2.45, 2.75) is 32.6 Å². The number of allylic oxidation sites excluding steroid dienone is 4. The fraction of sp³-hybridized carbons (Fsp3) is 0.250. The normalized spacial score (nSPS) is 13.2. The monoisotopic (exact) mass is 304 g/mol. The number of hydrogen-bond donors (Lipinski definition) is 0. The zero-order chi connectivity index (χ0) is 16.1. The number of Topliss-reactive ketones (excluding diaryl/α,β-unsaturated/α-hetero) is 1. The van der Waals surface area contributed by atoms with E-state index in [1.165, 1.54) is 11.1 Å². The number of aryl methyl sites for hydroxylation is 2. The fourth-order valence-corrected chi connectivity index (χ4v) is 2.71. The predicted molar refractivity (Wildman–Crippen MR) is 92.0 cm³/mol. The summed E-state index contributed by atoms with van der Waals surface area (Å²) in [6.07, 6.45) is 12.8. The van der Waals surface area contributed by atoms with Crippen LogP contribution in [0.1, 0.15) is 30.4 Å². The molecule has 0 aliphatic heterocycles. The molecule has 3 nitrogen and oxygen atoms in total. The molecule has 23 heavy (non-hydrogen) atoms. The highest BCUT2D eigenvalue weighted by atomic mass is 16.1. The van der Waals surface area contributed by atoms with E-state index in [4.69, 9.17) is 0 Å². The molecule has 116 valence electrons. The molecule has 0 fully saturated rings. The molecule has 0 radical (unpaired) electrons. The van der Waals surface area contributed by atoms with Crippen molar-refractivity contribution in [2.75, 3.05) is 0 Å². The summed E-state index contributed by atoms with van der Waals surface area (Å²) in [4.78, 5) is 20.8. The van der Waals surface area contributed by atoms with Crippen LogP contribution in [-0.2, 0) is 11.2 Å². The zero-order valence-corrected chi connectivity index (χ0v) is 13.3. The lowest BCUT2D eigenvalue weighted by molar-refractivity contribution is -0.115. The average Bonchev–Trinajstić information content (AvgIpc) is 3.10. The Morgan fingerprint density at radius 2 is 1.91 bits per heavy atom. The quantitative estimate of drug-likeness (QED) is 0.802. The molecule has 0 atom stereocenters. The van der Waals surface area contributed by atoms with Crippen molar-refractivity contribution in [3.05, 3.63) is 71.6 Å². The summed E-state index contributed by atoms with van der Waals surface area (Å²) in [5.74, 6) is 0.244. The minimum Gasteiger partial charge on any atom is -0.294 e. The molecule has 2 aromatic rings. The number of aromatic nitrogens is 2. The molecule has 2 aromatic heterocycles. The van der Waals surface area contributed by atoms with Crippen molar-refractivity contribution in [3.63, 3.8) is 0 Å². The number of pyridine rings is 2. The van der Waals surface area contributed by atoms with Crippen molar-refractivity contribution in [1.29, 1.82) is 0 Å². The second-order valence-corrected chi connectivity index (χ2v) is 5.84. The van der Waals surface area contributed by atoms with Gasteiger partial charge < -0.3 is 0 Å². The highest BCUT2D eigenvalue weighted by molar-refractivity contribution is 5.98. The molecular formula is C20H20N2O. The van der Waals surface area contributed by atoms with Gasteiger partial charge in [-0.3, -0.25) is 14.8 Å². The van der Waals surface area contributed by atoms with Gasteiger partial charge in [-0.1, -0.05) is 18.2 Å². The first-order valence-corrected chi connectivity index (χ1v) is 8.00.